The number of aryl methyl sites for hydroxylation is 1. The molecule has 6 nitrogen and oxygen atoms in total. The van der Waals surface area contributed by atoms with E-state index in [0.29, 0.717) is 6.61 Å². The Morgan fingerprint density at radius 2 is 1.70 bits per heavy atom. The summed E-state index contributed by atoms with van der Waals surface area (Å²) in [4.78, 5) is 7.34. The van der Waals surface area contributed by atoms with Crippen LogP contribution in [0.5, 0.6) is 11.5 Å². The number of nitrogens with zero attached hydrogens (tertiary/aromatic N) is 3. The molecule has 0 spiro atoms. The Balaban J connectivity index is 1.49. The molecule has 2 saturated heterocycles. The molecule has 0 unspecified atom stereocenters. The fourth-order valence-electron chi connectivity index (χ4n) is 3.75. The molecule has 0 aliphatic carbocycles. The third-order valence-corrected chi connectivity index (χ3v) is 5.55. The molecule has 2 aliphatic rings. The van der Waals surface area contributed by atoms with Gasteiger partial charge in [0.15, 0.2) is 11.5 Å². The quantitative estimate of drug-likeness (QED) is 0.651. The van der Waals surface area contributed by atoms with Crippen LogP contribution in [0.2, 0.25) is 0 Å². The second kappa shape index (κ2) is 10.9. The standard InChI is InChI=1S/C21H35N3O3/c1-22-9-11-24(12-10-22)15-18-27-21-19(5-3-7-20(21)25-2)6-4-8-23-13-16-26-17-14-23/h3,5,7H,4,6,8-18H2,1-2H3. The first kappa shape index (κ1) is 20.4. The number of para-hydroxylation sites is 1. The maximum absolute atomic E-state index is 6.22. The van der Waals surface area contributed by atoms with Crippen LogP contribution in [0.25, 0.3) is 0 Å². The molecule has 1 aromatic rings. The Bertz CT molecular complexity index is 556. The van der Waals surface area contributed by atoms with Gasteiger partial charge in [-0.15, -0.1) is 0 Å². The van der Waals surface area contributed by atoms with Gasteiger partial charge in [0.25, 0.3) is 0 Å². The molecular formula is C21H35N3O3. The van der Waals surface area contributed by atoms with Crippen molar-refractivity contribution in [2.75, 3.05) is 86.3 Å². The highest BCUT2D eigenvalue weighted by Crippen LogP contribution is 2.32. The van der Waals surface area contributed by atoms with Gasteiger partial charge in [-0.3, -0.25) is 9.80 Å². The number of hydrogen-bond acceptors (Lipinski definition) is 6. The van der Waals surface area contributed by atoms with E-state index in [0.717, 1.165) is 89.9 Å². The highest BCUT2D eigenvalue weighted by molar-refractivity contribution is 5.46. The average molecular weight is 378 g/mol. The minimum Gasteiger partial charge on any atom is -0.493 e. The highest BCUT2D eigenvalue weighted by atomic mass is 16.5. The van der Waals surface area contributed by atoms with Gasteiger partial charge in [-0.05, 0) is 38.1 Å². The number of likely N-dealkylation sites (N-methyl/N-ethyl adjacent to an activating group) is 1. The van der Waals surface area contributed by atoms with Crippen molar-refractivity contribution in [3.05, 3.63) is 23.8 Å². The summed E-state index contributed by atoms with van der Waals surface area (Å²) >= 11 is 0. The lowest BCUT2D eigenvalue weighted by atomic mass is 10.1. The largest absolute Gasteiger partial charge is 0.493 e. The van der Waals surface area contributed by atoms with Crippen LogP contribution in [0, 0.1) is 0 Å². The number of methoxy groups -OCH3 is 1. The lowest BCUT2D eigenvalue weighted by molar-refractivity contribution is 0.0374. The van der Waals surface area contributed by atoms with Gasteiger partial charge in [0.05, 0.1) is 20.3 Å². The maximum atomic E-state index is 6.22. The third kappa shape index (κ3) is 6.35. The number of hydrogen-bond donors (Lipinski definition) is 0. The van der Waals surface area contributed by atoms with Crippen LogP contribution in [0.1, 0.15) is 12.0 Å². The minimum atomic E-state index is 0.709. The fraction of sp³-hybridized carbons (Fsp3) is 0.714. The molecule has 6 heteroatoms. The first-order valence-electron chi connectivity index (χ1n) is 10.3. The predicted octanol–water partition coefficient (Wildman–Crippen LogP) is 1.59. The molecule has 2 fully saturated rings. The van der Waals surface area contributed by atoms with Crippen LogP contribution >= 0.6 is 0 Å². The van der Waals surface area contributed by atoms with Crippen molar-refractivity contribution in [1.82, 2.24) is 14.7 Å². The number of ether oxygens (including phenoxy) is 3. The van der Waals surface area contributed by atoms with E-state index in [1.807, 2.05) is 6.07 Å². The zero-order valence-electron chi connectivity index (χ0n) is 17.0. The minimum absolute atomic E-state index is 0.709. The summed E-state index contributed by atoms with van der Waals surface area (Å²) in [7, 11) is 3.91. The lowest BCUT2D eigenvalue weighted by Gasteiger charge is -2.32. The predicted molar refractivity (Wildman–Crippen MR) is 108 cm³/mol. The highest BCUT2D eigenvalue weighted by Gasteiger charge is 2.16. The fourth-order valence-corrected chi connectivity index (χ4v) is 3.75. The summed E-state index contributed by atoms with van der Waals surface area (Å²) in [6, 6.07) is 6.24. The smallest absolute Gasteiger partial charge is 0.164 e. The monoisotopic (exact) mass is 377 g/mol. The Kier molecular flexibility index (Phi) is 8.20. The molecule has 3 rings (SSSR count). The van der Waals surface area contributed by atoms with Gasteiger partial charge in [0, 0.05) is 45.8 Å². The zero-order chi connectivity index (χ0) is 18.9. The van der Waals surface area contributed by atoms with E-state index in [1.54, 1.807) is 7.11 Å². The van der Waals surface area contributed by atoms with Gasteiger partial charge in [0.1, 0.15) is 6.61 Å². The van der Waals surface area contributed by atoms with Crippen molar-refractivity contribution in [3.63, 3.8) is 0 Å². The van der Waals surface area contributed by atoms with Crippen LogP contribution < -0.4 is 9.47 Å². The van der Waals surface area contributed by atoms with E-state index in [4.69, 9.17) is 14.2 Å². The topological polar surface area (TPSA) is 37.4 Å². The molecule has 1 aromatic carbocycles. The van der Waals surface area contributed by atoms with Gasteiger partial charge >= 0.3 is 0 Å². The van der Waals surface area contributed by atoms with Gasteiger partial charge in [-0.1, -0.05) is 12.1 Å². The van der Waals surface area contributed by atoms with Crippen molar-refractivity contribution < 1.29 is 14.2 Å². The van der Waals surface area contributed by atoms with Crippen molar-refractivity contribution in [1.29, 1.82) is 0 Å². The van der Waals surface area contributed by atoms with Crippen molar-refractivity contribution in [2.24, 2.45) is 0 Å². The summed E-state index contributed by atoms with van der Waals surface area (Å²) in [5.74, 6) is 1.77. The summed E-state index contributed by atoms with van der Waals surface area (Å²) < 4.78 is 17.2. The van der Waals surface area contributed by atoms with Crippen LogP contribution in [-0.2, 0) is 11.2 Å². The van der Waals surface area contributed by atoms with Crippen molar-refractivity contribution in [2.45, 2.75) is 12.8 Å². The Hall–Kier alpha value is -1.34. The van der Waals surface area contributed by atoms with Crippen LogP contribution in [-0.4, -0.2) is 101 Å². The molecule has 152 valence electrons. The molecule has 2 heterocycles. The molecule has 27 heavy (non-hydrogen) atoms. The summed E-state index contributed by atoms with van der Waals surface area (Å²) in [5.41, 5.74) is 1.25. The summed E-state index contributed by atoms with van der Waals surface area (Å²) in [6.45, 7) is 11.1. The first-order chi connectivity index (χ1) is 13.3. The number of rotatable bonds is 9. The Morgan fingerprint density at radius 3 is 2.44 bits per heavy atom. The second-order valence-electron chi connectivity index (χ2n) is 7.50. The van der Waals surface area contributed by atoms with Gasteiger partial charge in [-0.25, -0.2) is 0 Å². The second-order valence-corrected chi connectivity index (χ2v) is 7.50. The van der Waals surface area contributed by atoms with Crippen LogP contribution in [0.3, 0.4) is 0 Å². The molecule has 0 N–H and O–H groups in total. The first-order valence-corrected chi connectivity index (χ1v) is 10.3. The van der Waals surface area contributed by atoms with Crippen molar-refractivity contribution in [3.8, 4) is 11.5 Å². The van der Waals surface area contributed by atoms with Crippen LogP contribution in [0.4, 0.5) is 0 Å². The van der Waals surface area contributed by atoms with Crippen molar-refractivity contribution >= 4 is 0 Å². The van der Waals surface area contributed by atoms with Crippen LogP contribution in [0.15, 0.2) is 18.2 Å². The average Bonchev–Trinajstić information content (AvgIpc) is 2.71. The normalized spacial score (nSPS) is 19.9. The lowest BCUT2D eigenvalue weighted by Crippen LogP contribution is -2.45. The van der Waals surface area contributed by atoms with Gasteiger partial charge < -0.3 is 19.1 Å². The zero-order valence-corrected chi connectivity index (χ0v) is 17.0. The van der Waals surface area contributed by atoms with E-state index in [9.17, 15) is 0 Å². The molecule has 0 atom stereocenters. The summed E-state index contributed by atoms with van der Waals surface area (Å²) in [6.07, 6.45) is 2.14. The molecule has 0 amide bonds. The van der Waals surface area contributed by atoms with Gasteiger partial charge in [0.2, 0.25) is 0 Å². The number of morpholine rings is 1. The van der Waals surface area contributed by atoms with E-state index in [2.05, 4.69) is 33.9 Å². The molecule has 2 aliphatic heterocycles. The number of benzene rings is 1. The number of piperazine rings is 1. The Morgan fingerprint density at radius 1 is 0.963 bits per heavy atom. The maximum Gasteiger partial charge on any atom is 0.164 e. The molecular weight excluding hydrogens is 342 g/mol. The van der Waals surface area contributed by atoms with E-state index < -0.39 is 0 Å². The SMILES string of the molecule is COc1cccc(CCCN2CCOCC2)c1OCCN1CCN(C)CC1. The third-order valence-electron chi connectivity index (χ3n) is 5.55. The van der Waals surface area contributed by atoms with E-state index >= 15 is 0 Å². The molecule has 0 aromatic heterocycles. The van der Waals surface area contributed by atoms with Gasteiger partial charge in [-0.2, -0.15) is 0 Å². The van der Waals surface area contributed by atoms with E-state index in [1.165, 1.54) is 5.56 Å². The molecule has 0 radical (unpaired) electrons. The Labute approximate surface area is 164 Å². The molecule has 0 bridgehead atoms. The molecule has 0 saturated carbocycles. The van der Waals surface area contributed by atoms with E-state index in [-0.39, 0.29) is 0 Å². The summed E-state index contributed by atoms with van der Waals surface area (Å²) in [5, 5.41) is 0.